The van der Waals surface area contributed by atoms with Gasteiger partial charge in [0, 0.05) is 31.8 Å². The van der Waals surface area contributed by atoms with E-state index in [4.69, 9.17) is 0 Å². The molecule has 0 saturated heterocycles. The van der Waals surface area contributed by atoms with E-state index in [-0.39, 0.29) is 0 Å². The molecule has 2 aromatic rings. The zero-order valence-corrected chi connectivity index (χ0v) is 11.3. The average molecular weight is 274 g/mol. The molecule has 2 aromatic carbocycles. The van der Waals surface area contributed by atoms with Crippen molar-refractivity contribution in [3.05, 3.63) is 59.2 Å². The average Bonchev–Trinajstić information content (AvgIpc) is 2.41. The highest BCUT2D eigenvalue weighted by atomic mass is 19.2. The van der Waals surface area contributed by atoms with Crippen LogP contribution in [0.3, 0.4) is 0 Å². The predicted molar refractivity (Wildman–Crippen MR) is 77.1 cm³/mol. The lowest BCUT2D eigenvalue weighted by Gasteiger charge is -2.32. The Morgan fingerprint density at radius 3 is 2.75 bits per heavy atom. The Hall–Kier alpha value is -2.10. The van der Waals surface area contributed by atoms with Gasteiger partial charge in [-0.2, -0.15) is 0 Å². The number of aryl methyl sites for hydroxylation is 1. The molecular formula is C16H16F2N2. The normalized spacial score (nSPS) is 13.8. The van der Waals surface area contributed by atoms with Crippen LogP contribution in [0.4, 0.5) is 20.2 Å². The summed E-state index contributed by atoms with van der Waals surface area (Å²) in [5.74, 6) is -1.62. The third-order valence-electron chi connectivity index (χ3n) is 3.53. The molecule has 0 aromatic heterocycles. The van der Waals surface area contributed by atoms with Gasteiger partial charge in [-0.25, -0.2) is 8.78 Å². The molecule has 0 aliphatic carbocycles. The number of nitrogens with zero attached hydrogens (tertiary/aromatic N) is 1. The zero-order chi connectivity index (χ0) is 14.1. The molecule has 0 spiro atoms. The van der Waals surface area contributed by atoms with E-state index in [0.29, 0.717) is 12.2 Å². The Labute approximate surface area is 117 Å². The molecule has 4 heteroatoms. The first kappa shape index (κ1) is 12.9. The van der Waals surface area contributed by atoms with Crippen LogP contribution in [-0.2, 0) is 6.54 Å². The standard InChI is InChI=1S/C16H16F2N2/c1-11-3-2-4-12(7-11)10-20-6-5-19-15-8-13(17)14(18)9-16(15)20/h2-4,7-9,19H,5-6,10H2,1H3. The molecule has 104 valence electrons. The fourth-order valence-corrected chi connectivity index (χ4v) is 2.58. The third-order valence-corrected chi connectivity index (χ3v) is 3.53. The van der Waals surface area contributed by atoms with Gasteiger partial charge in [0.05, 0.1) is 11.4 Å². The molecule has 0 bridgehead atoms. The van der Waals surface area contributed by atoms with Crippen LogP contribution in [0.2, 0.25) is 0 Å². The summed E-state index contributed by atoms with van der Waals surface area (Å²) < 4.78 is 26.7. The molecule has 1 aliphatic rings. The van der Waals surface area contributed by atoms with Crippen molar-refractivity contribution >= 4 is 11.4 Å². The molecule has 0 radical (unpaired) electrons. The van der Waals surface area contributed by atoms with Gasteiger partial charge in [-0.1, -0.05) is 29.8 Å². The van der Waals surface area contributed by atoms with Crippen LogP contribution in [0.15, 0.2) is 36.4 Å². The second-order valence-electron chi connectivity index (χ2n) is 5.12. The van der Waals surface area contributed by atoms with Gasteiger partial charge in [-0.05, 0) is 12.5 Å². The highest BCUT2D eigenvalue weighted by molar-refractivity contribution is 5.72. The predicted octanol–water partition coefficient (Wildman–Crippen LogP) is 3.71. The minimum Gasteiger partial charge on any atom is -0.382 e. The van der Waals surface area contributed by atoms with Crippen LogP contribution in [0, 0.1) is 18.6 Å². The lowest BCUT2D eigenvalue weighted by Crippen LogP contribution is -2.33. The van der Waals surface area contributed by atoms with Crippen molar-refractivity contribution in [3.8, 4) is 0 Å². The van der Waals surface area contributed by atoms with Crippen LogP contribution in [0.5, 0.6) is 0 Å². The Balaban J connectivity index is 1.92. The second kappa shape index (κ2) is 5.12. The van der Waals surface area contributed by atoms with Gasteiger partial charge in [0.25, 0.3) is 0 Å². The number of hydrogen-bond acceptors (Lipinski definition) is 2. The third kappa shape index (κ3) is 2.46. The maximum Gasteiger partial charge on any atom is 0.161 e. The minimum absolute atomic E-state index is 0.655. The summed E-state index contributed by atoms with van der Waals surface area (Å²) in [4.78, 5) is 2.07. The number of anilines is 2. The summed E-state index contributed by atoms with van der Waals surface area (Å²) >= 11 is 0. The number of nitrogens with one attached hydrogen (secondary N) is 1. The van der Waals surface area contributed by atoms with E-state index in [9.17, 15) is 8.78 Å². The highest BCUT2D eigenvalue weighted by Crippen LogP contribution is 2.32. The lowest BCUT2D eigenvalue weighted by molar-refractivity contribution is 0.508. The summed E-state index contributed by atoms with van der Waals surface area (Å²) in [6, 6.07) is 10.7. The van der Waals surface area contributed by atoms with E-state index in [1.807, 2.05) is 19.1 Å². The molecule has 1 heterocycles. The molecule has 1 N–H and O–H groups in total. The number of hydrogen-bond donors (Lipinski definition) is 1. The van der Waals surface area contributed by atoms with E-state index in [2.05, 4.69) is 22.3 Å². The van der Waals surface area contributed by atoms with Crippen LogP contribution in [0.25, 0.3) is 0 Å². The maximum atomic E-state index is 13.5. The van der Waals surface area contributed by atoms with E-state index >= 15 is 0 Å². The van der Waals surface area contributed by atoms with Gasteiger partial charge in [-0.15, -0.1) is 0 Å². The van der Waals surface area contributed by atoms with Gasteiger partial charge in [-0.3, -0.25) is 0 Å². The first-order valence-electron chi connectivity index (χ1n) is 6.67. The van der Waals surface area contributed by atoms with Crippen molar-refractivity contribution in [2.75, 3.05) is 23.3 Å². The van der Waals surface area contributed by atoms with Crippen LogP contribution in [0.1, 0.15) is 11.1 Å². The molecule has 1 aliphatic heterocycles. The lowest BCUT2D eigenvalue weighted by atomic mass is 10.1. The van der Waals surface area contributed by atoms with Gasteiger partial charge in [0.2, 0.25) is 0 Å². The molecular weight excluding hydrogens is 258 g/mol. The quantitative estimate of drug-likeness (QED) is 0.898. The van der Waals surface area contributed by atoms with E-state index < -0.39 is 11.6 Å². The zero-order valence-electron chi connectivity index (χ0n) is 11.3. The van der Waals surface area contributed by atoms with Crippen molar-refractivity contribution in [3.63, 3.8) is 0 Å². The Bertz CT molecular complexity index is 640. The summed E-state index contributed by atoms with van der Waals surface area (Å²) in [6.07, 6.45) is 0. The molecule has 0 atom stereocenters. The summed E-state index contributed by atoms with van der Waals surface area (Å²) in [7, 11) is 0. The summed E-state index contributed by atoms with van der Waals surface area (Å²) in [5.41, 5.74) is 3.74. The molecule has 2 nitrogen and oxygen atoms in total. The Morgan fingerprint density at radius 1 is 1.15 bits per heavy atom. The van der Waals surface area contributed by atoms with Crippen molar-refractivity contribution in [1.29, 1.82) is 0 Å². The largest absolute Gasteiger partial charge is 0.382 e. The SMILES string of the molecule is Cc1cccc(CN2CCNc3cc(F)c(F)cc32)c1. The minimum atomic E-state index is -0.811. The Morgan fingerprint density at radius 2 is 1.95 bits per heavy atom. The first-order chi connectivity index (χ1) is 9.63. The van der Waals surface area contributed by atoms with E-state index in [0.717, 1.165) is 18.8 Å². The second-order valence-corrected chi connectivity index (χ2v) is 5.12. The number of benzene rings is 2. The summed E-state index contributed by atoms with van der Waals surface area (Å²) in [6.45, 7) is 4.24. The fraction of sp³-hybridized carbons (Fsp3) is 0.250. The van der Waals surface area contributed by atoms with Crippen LogP contribution in [-0.4, -0.2) is 13.1 Å². The van der Waals surface area contributed by atoms with Gasteiger partial charge >= 0.3 is 0 Å². The van der Waals surface area contributed by atoms with Crippen molar-refractivity contribution in [1.82, 2.24) is 0 Å². The molecule has 3 rings (SSSR count). The number of rotatable bonds is 2. The number of fused-ring (bicyclic) bond motifs is 1. The Kier molecular flexibility index (Phi) is 3.30. The van der Waals surface area contributed by atoms with Crippen molar-refractivity contribution < 1.29 is 8.78 Å². The molecule has 0 amide bonds. The molecule has 0 unspecified atom stereocenters. The smallest absolute Gasteiger partial charge is 0.161 e. The number of halogens is 2. The maximum absolute atomic E-state index is 13.5. The van der Waals surface area contributed by atoms with Gasteiger partial charge < -0.3 is 10.2 Å². The topological polar surface area (TPSA) is 15.3 Å². The monoisotopic (exact) mass is 274 g/mol. The van der Waals surface area contributed by atoms with E-state index in [1.165, 1.54) is 23.3 Å². The van der Waals surface area contributed by atoms with Crippen LogP contribution < -0.4 is 10.2 Å². The summed E-state index contributed by atoms with van der Waals surface area (Å²) in [5, 5.41) is 3.11. The molecule has 20 heavy (non-hydrogen) atoms. The highest BCUT2D eigenvalue weighted by Gasteiger charge is 2.19. The fourth-order valence-electron chi connectivity index (χ4n) is 2.58. The van der Waals surface area contributed by atoms with Crippen molar-refractivity contribution in [2.45, 2.75) is 13.5 Å². The molecule has 0 saturated carbocycles. The van der Waals surface area contributed by atoms with Gasteiger partial charge in [0.1, 0.15) is 0 Å². The van der Waals surface area contributed by atoms with E-state index in [1.54, 1.807) is 0 Å². The van der Waals surface area contributed by atoms with Crippen molar-refractivity contribution in [2.24, 2.45) is 0 Å². The van der Waals surface area contributed by atoms with Gasteiger partial charge in [0.15, 0.2) is 11.6 Å². The molecule has 0 fully saturated rings. The van der Waals surface area contributed by atoms with Crippen LogP contribution >= 0.6 is 0 Å². The first-order valence-corrected chi connectivity index (χ1v) is 6.67.